The molecule has 27 heavy (non-hydrogen) atoms. The van der Waals surface area contributed by atoms with Gasteiger partial charge in [-0.3, -0.25) is 9.69 Å². The van der Waals surface area contributed by atoms with Crippen molar-refractivity contribution in [2.24, 2.45) is 11.0 Å². The van der Waals surface area contributed by atoms with Crippen LogP contribution in [-0.4, -0.2) is 57.7 Å². The lowest BCUT2D eigenvalue weighted by Crippen LogP contribution is -2.61. The maximum absolute atomic E-state index is 12.4. The third kappa shape index (κ3) is 5.76. The molecule has 0 saturated carbocycles. The van der Waals surface area contributed by atoms with Crippen molar-refractivity contribution < 1.29 is 14.6 Å². The molecule has 1 aromatic heterocycles. The highest BCUT2D eigenvalue weighted by molar-refractivity contribution is 6.29. The smallest absolute Gasteiger partial charge is 0.323 e. The number of aromatic nitrogens is 1. The van der Waals surface area contributed by atoms with Gasteiger partial charge in [-0.1, -0.05) is 31.5 Å². The summed E-state index contributed by atoms with van der Waals surface area (Å²) in [6.07, 6.45) is 1.59. The molecule has 0 spiro atoms. The zero-order chi connectivity index (χ0) is 20.0. The van der Waals surface area contributed by atoms with Gasteiger partial charge in [0.1, 0.15) is 16.3 Å². The van der Waals surface area contributed by atoms with Gasteiger partial charge in [-0.15, -0.1) is 0 Å². The monoisotopic (exact) mass is 398 g/mol. The molecule has 0 amide bonds. The number of rotatable bonds is 7. The molecule has 0 aliphatic carbocycles. The summed E-state index contributed by atoms with van der Waals surface area (Å²) in [5.74, 6) is -0.200. The number of carbonyl (C=O) groups is 1. The van der Waals surface area contributed by atoms with Crippen LogP contribution in [0.4, 0.5) is 0 Å². The van der Waals surface area contributed by atoms with Gasteiger partial charge in [-0.2, -0.15) is 0 Å². The molecular weight excluding hydrogens is 376 g/mol. The number of ether oxygens (including phenoxy) is 1. The Morgan fingerprint density at radius 3 is 2.81 bits per heavy atom. The maximum Gasteiger partial charge on any atom is 0.323 e. The predicted octanol–water partition coefficient (Wildman–Crippen LogP) is 1.49. The molecule has 0 bridgehead atoms. The molecule has 2 heterocycles. The highest BCUT2D eigenvalue weighted by Gasteiger charge is 2.35. The average Bonchev–Trinajstić information content (AvgIpc) is 2.59. The lowest BCUT2D eigenvalue weighted by molar-refractivity contribution is -0.486. The first-order chi connectivity index (χ1) is 12.8. The number of hydrogen-bond donors (Lipinski definition) is 1. The Kier molecular flexibility index (Phi) is 7.31. The van der Waals surface area contributed by atoms with Gasteiger partial charge in [0.2, 0.25) is 0 Å². The van der Waals surface area contributed by atoms with Crippen LogP contribution < -0.4 is 5.32 Å². The van der Waals surface area contributed by atoms with Crippen LogP contribution in [0.25, 0.3) is 0 Å². The number of hydrazone groups is 1. The second kappa shape index (κ2) is 9.47. The van der Waals surface area contributed by atoms with E-state index in [4.69, 9.17) is 16.3 Å². The van der Waals surface area contributed by atoms with E-state index in [0.29, 0.717) is 11.7 Å². The molecule has 1 aliphatic heterocycles. The van der Waals surface area contributed by atoms with Gasteiger partial charge in [0.05, 0.1) is 19.9 Å². The van der Waals surface area contributed by atoms with E-state index in [0.717, 1.165) is 5.56 Å². The Labute approximate surface area is 162 Å². The molecule has 1 N–H and O–H groups in total. The van der Waals surface area contributed by atoms with Crippen LogP contribution in [0.5, 0.6) is 0 Å². The van der Waals surface area contributed by atoms with Gasteiger partial charge >= 0.3 is 5.97 Å². The molecule has 0 unspecified atom stereocenters. The van der Waals surface area contributed by atoms with Crippen molar-refractivity contribution in [3.8, 4) is 0 Å². The molecule has 10 nitrogen and oxygen atoms in total. The van der Waals surface area contributed by atoms with Gasteiger partial charge < -0.3 is 15.0 Å². The second-order valence-corrected chi connectivity index (χ2v) is 6.74. The van der Waals surface area contributed by atoms with Crippen molar-refractivity contribution >= 4 is 23.5 Å². The first-order valence-electron chi connectivity index (χ1n) is 8.54. The van der Waals surface area contributed by atoms with Crippen molar-refractivity contribution in [3.05, 3.63) is 39.2 Å². The summed E-state index contributed by atoms with van der Waals surface area (Å²) in [5.41, 5.74) is 0.802. The molecular formula is C16H23ClN6O4. The first kappa shape index (κ1) is 20.8. The molecule has 1 fully saturated rings. The van der Waals surface area contributed by atoms with Crippen molar-refractivity contribution in [2.75, 3.05) is 19.9 Å². The molecule has 11 heteroatoms. The Balaban J connectivity index is 2.23. The lowest BCUT2D eigenvalue weighted by Gasteiger charge is -2.41. The third-order valence-corrected chi connectivity index (χ3v) is 4.21. The summed E-state index contributed by atoms with van der Waals surface area (Å²) in [4.78, 5) is 30.8. The minimum atomic E-state index is -0.754. The number of nitro groups is 1. The van der Waals surface area contributed by atoms with Crippen molar-refractivity contribution in [1.82, 2.24) is 20.1 Å². The van der Waals surface area contributed by atoms with Gasteiger partial charge in [0.15, 0.2) is 5.03 Å². The zero-order valence-electron chi connectivity index (χ0n) is 15.5. The molecule has 1 atom stereocenters. The number of carbonyl (C=O) groups excluding carboxylic acids is 1. The fourth-order valence-electron chi connectivity index (χ4n) is 2.90. The van der Waals surface area contributed by atoms with Crippen molar-refractivity contribution in [1.29, 1.82) is 0 Å². The normalized spacial score (nSPS) is 17.7. The largest absolute Gasteiger partial charge is 0.465 e. The SMILES string of the molecule is CCOC(=O)[C@H](C(C)C)N1CN/C(=N\[N+](=O)[O-])N(Cc2ccc(Cl)nc2)C1. The van der Waals surface area contributed by atoms with Gasteiger partial charge in [0, 0.05) is 12.7 Å². The lowest BCUT2D eigenvalue weighted by atomic mass is 10.0. The quantitative estimate of drug-likeness (QED) is 0.318. The van der Waals surface area contributed by atoms with E-state index >= 15 is 0 Å². The van der Waals surface area contributed by atoms with Crippen molar-refractivity contribution in [2.45, 2.75) is 33.4 Å². The zero-order valence-corrected chi connectivity index (χ0v) is 16.2. The van der Waals surface area contributed by atoms with Crippen LogP contribution in [0.3, 0.4) is 0 Å². The number of guanidine groups is 1. The van der Waals surface area contributed by atoms with Crippen LogP contribution in [0.2, 0.25) is 5.15 Å². The summed E-state index contributed by atoms with van der Waals surface area (Å²) >= 11 is 5.81. The summed E-state index contributed by atoms with van der Waals surface area (Å²) in [6.45, 7) is 6.72. The number of nitrogens with one attached hydrogen (secondary N) is 1. The average molecular weight is 399 g/mol. The van der Waals surface area contributed by atoms with Crippen LogP contribution in [0, 0.1) is 16.0 Å². The van der Waals surface area contributed by atoms with Crippen LogP contribution in [0.1, 0.15) is 26.3 Å². The minimum Gasteiger partial charge on any atom is -0.465 e. The van der Waals surface area contributed by atoms with E-state index in [1.54, 1.807) is 30.2 Å². The van der Waals surface area contributed by atoms with E-state index in [2.05, 4.69) is 15.4 Å². The Morgan fingerprint density at radius 2 is 2.26 bits per heavy atom. The molecule has 2 rings (SSSR count). The standard InChI is InChI=1S/C16H23ClN6O4/c1-4-27-15(24)14(11(2)3)22-9-19-16(20-23(25)26)21(10-22)8-12-5-6-13(17)18-7-12/h5-7,11,14H,4,8-10H2,1-3H3,(H,19,20)/t14-/m0/s1. The summed E-state index contributed by atoms with van der Waals surface area (Å²) < 4.78 is 5.19. The minimum absolute atomic E-state index is 0.00102. The molecule has 0 radical (unpaired) electrons. The second-order valence-electron chi connectivity index (χ2n) is 6.35. The number of halogens is 1. The molecule has 1 saturated heterocycles. The molecule has 0 aromatic carbocycles. The Bertz CT molecular complexity index is 697. The van der Waals surface area contributed by atoms with Crippen LogP contribution in [-0.2, 0) is 16.1 Å². The van der Waals surface area contributed by atoms with E-state index in [-0.39, 0.29) is 37.8 Å². The van der Waals surface area contributed by atoms with Gasteiger partial charge in [-0.25, -0.2) is 15.1 Å². The Hall–Kier alpha value is -2.46. The van der Waals surface area contributed by atoms with Crippen molar-refractivity contribution in [3.63, 3.8) is 0 Å². The number of pyridine rings is 1. The fraction of sp³-hybridized carbons (Fsp3) is 0.562. The predicted molar refractivity (Wildman–Crippen MR) is 99.2 cm³/mol. The van der Waals surface area contributed by atoms with Crippen LogP contribution in [0.15, 0.2) is 23.4 Å². The third-order valence-electron chi connectivity index (χ3n) is 3.98. The summed E-state index contributed by atoms with van der Waals surface area (Å²) in [5, 5.41) is 16.8. The van der Waals surface area contributed by atoms with Gasteiger partial charge in [-0.05, 0) is 24.5 Å². The van der Waals surface area contributed by atoms with E-state index in [9.17, 15) is 14.9 Å². The molecule has 148 valence electrons. The highest BCUT2D eigenvalue weighted by atomic mass is 35.5. The number of hydrogen-bond acceptors (Lipinski definition) is 6. The number of nitrogens with zero attached hydrogens (tertiary/aromatic N) is 5. The van der Waals surface area contributed by atoms with E-state index in [1.165, 1.54) is 0 Å². The summed E-state index contributed by atoms with van der Waals surface area (Å²) in [7, 11) is 0. The van der Waals surface area contributed by atoms with E-state index in [1.807, 2.05) is 18.7 Å². The molecule has 1 aromatic rings. The number of esters is 1. The van der Waals surface area contributed by atoms with Gasteiger partial charge in [0.25, 0.3) is 5.96 Å². The Morgan fingerprint density at radius 1 is 1.52 bits per heavy atom. The first-order valence-corrected chi connectivity index (χ1v) is 8.92. The molecule has 1 aliphatic rings. The fourth-order valence-corrected chi connectivity index (χ4v) is 3.01. The summed E-state index contributed by atoms with van der Waals surface area (Å²) in [6, 6.07) is 2.94. The van der Waals surface area contributed by atoms with E-state index < -0.39 is 11.1 Å². The highest BCUT2D eigenvalue weighted by Crippen LogP contribution is 2.17. The topological polar surface area (TPSA) is 113 Å². The van der Waals surface area contributed by atoms with Crippen LogP contribution >= 0.6 is 11.6 Å². The maximum atomic E-state index is 12.4.